The first-order chi connectivity index (χ1) is 8.99. The normalized spacial score (nSPS) is 12.2. The van der Waals surface area contributed by atoms with Gasteiger partial charge >= 0.3 is 0 Å². The van der Waals surface area contributed by atoms with Gasteiger partial charge in [0.2, 0.25) is 0 Å². The van der Waals surface area contributed by atoms with Gasteiger partial charge in [-0.3, -0.25) is 0 Å². The highest BCUT2D eigenvalue weighted by molar-refractivity contribution is 5.49. The van der Waals surface area contributed by atoms with E-state index >= 15 is 0 Å². The Hall–Kier alpha value is -2.10. The zero-order valence-corrected chi connectivity index (χ0v) is 10.8. The van der Waals surface area contributed by atoms with Crippen LogP contribution in [0.25, 0.3) is 0 Å². The van der Waals surface area contributed by atoms with Crippen LogP contribution in [0.3, 0.4) is 0 Å². The first-order valence-corrected chi connectivity index (χ1v) is 5.96. The molecule has 2 aromatic carbocycles. The molecule has 4 heteroatoms. The van der Waals surface area contributed by atoms with Crippen LogP contribution in [-0.4, -0.2) is 12.2 Å². The summed E-state index contributed by atoms with van der Waals surface area (Å²) in [6, 6.07) is 9.86. The average Bonchev–Trinajstić information content (AvgIpc) is 2.38. The van der Waals surface area contributed by atoms with Crippen molar-refractivity contribution in [1.82, 2.24) is 0 Å². The Bertz CT molecular complexity index is 569. The van der Waals surface area contributed by atoms with Crippen molar-refractivity contribution in [2.75, 3.05) is 11.9 Å². The highest BCUT2D eigenvalue weighted by Gasteiger charge is 2.16. The van der Waals surface area contributed by atoms with E-state index in [1.54, 1.807) is 18.2 Å². The number of anilines is 1. The zero-order chi connectivity index (χ0) is 14.0. The monoisotopic (exact) mass is 263 g/mol. The molecule has 0 aliphatic heterocycles. The van der Waals surface area contributed by atoms with Gasteiger partial charge in [-0.05, 0) is 37.3 Å². The summed E-state index contributed by atoms with van der Waals surface area (Å²) in [7, 11) is 1.83. The zero-order valence-electron chi connectivity index (χ0n) is 10.8. The second-order valence-electron chi connectivity index (χ2n) is 4.47. The summed E-state index contributed by atoms with van der Waals surface area (Å²) in [5.41, 5.74) is 1.44. The van der Waals surface area contributed by atoms with Gasteiger partial charge in [0.25, 0.3) is 0 Å². The molecule has 0 spiro atoms. The highest BCUT2D eigenvalue weighted by atomic mass is 19.1. The number of halogens is 2. The SMILES string of the molecule is CC(c1ccc(F)cc1O)N(C)c1ccc(F)cc1. The molecule has 100 valence electrons. The molecule has 1 atom stereocenters. The Balaban J connectivity index is 2.27. The Labute approximate surface area is 110 Å². The summed E-state index contributed by atoms with van der Waals surface area (Å²) in [4.78, 5) is 1.88. The number of benzene rings is 2. The van der Waals surface area contributed by atoms with Crippen molar-refractivity contribution in [2.45, 2.75) is 13.0 Å². The van der Waals surface area contributed by atoms with Gasteiger partial charge in [-0.1, -0.05) is 6.07 Å². The van der Waals surface area contributed by atoms with Crippen molar-refractivity contribution in [3.8, 4) is 5.75 Å². The second kappa shape index (κ2) is 5.26. The standard InChI is InChI=1S/C15H15F2NO/c1-10(14-8-5-12(17)9-15(14)19)18(2)13-6-3-11(16)4-7-13/h3-10,19H,1-2H3. The molecule has 0 aliphatic carbocycles. The molecule has 0 amide bonds. The summed E-state index contributed by atoms with van der Waals surface area (Å²) < 4.78 is 25.8. The number of phenolic OH excluding ortho intramolecular Hbond substituents is 1. The molecule has 0 saturated carbocycles. The van der Waals surface area contributed by atoms with Gasteiger partial charge in [-0.25, -0.2) is 8.78 Å². The molecule has 0 fully saturated rings. The molecular formula is C15H15F2NO. The van der Waals surface area contributed by atoms with E-state index in [0.717, 1.165) is 11.8 Å². The number of aromatic hydroxyl groups is 1. The minimum atomic E-state index is -0.474. The molecule has 2 rings (SSSR count). The van der Waals surface area contributed by atoms with Gasteiger partial charge < -0.3 is 10.0 Å². The summed E-state index contributed by atoms with van der Waals surface area (Å²) in [5.74, 6) is -0.853. The van der Waals surface area contributed by atoms with Crippen LogP contribution < -0.4 is 4.90 Å². The Morgan fingerprint density at radius 1 is 1.00 bits per heavy atom. The van der Waals surface area contributed by atoms with Crippen LogP contribution in [0.5, 0.6) is 5.75 Å². The van der Waals surface area contributed by atoms with Gasteiger partial charge in [0.05, 0.1) is 6.04 Å². The average molecular weight is 263 g/mol. The third-order valence-electron chi connectivity index (χ3n) is 3.26. The minimum Gasteiger partial charge on any atom is -0.507 e. The summed E-state index contributed by atoms with van der Waals surface area (Å²) in [5, 5.41) is 9.78. The topological polar surface area (TPSA) is 23.5 Å². The van der Waals surface area contributed by atoms with E-state index in [2.05, 4.69) is 0 Å². The fourth-order valence-corrected chi connectivity index (χ4v) is 1.98. The first-order valence-electron chi connectivity index (χ1n) is 5.96. The van der Waals surface area contributed by atoms with E-state index in [4.69, 9.17) is 0 Å². The van der Waals surface area contributed by atoms with Crippen molar-refractivity contribution in [3.05, 3.63) is 59.7 Å². The Morgan fingerprint density at radius 2 is 1.58 bits per heavy atom. The van der Waals surface area contributed by atoms with Crippen LogP contribution in [0, 0.1) is 11.6 Å². The molecule has 2 nitrogen and oxygen atoms in total. The van der Waals surface area contributed by atoms with E-state index < -0.39 is 5.82 Å². The molecular weight excluding hydrogens is 248 g/mol. The lowest BCUT2D eigenvalue weighted by Gasteiger charge is -2.28. The maximum atomic E-state index is 13.0. The second-order valence-corrected chi connectivity index (χ2v) is 4.47. The number of hydrogen-bond donors (Lipinski definition) is 1. The number of rotatable bonds is 3. The van der Waals surface area contributed by atoms with E-state index in [9.17, 15) is 13.9 Å². The maximum Gasteiger partial charge on any atom is 0.126 e. The molecule has 0 radical (unpaired) electrons. The molecule has 19 heavy (non-hydrogen) atoms. The molecule has 0 aromatic heterocycles. The fourth-order valence-electron chi connectivity index (χ4n) is 1.98. The van der Waals surface area contributed by atoms with Crippen LogP contribution in [0.4, 0.5) is 14.5 Å². The van der Waals surface area contributed by atoms with Crippen molar-refractivity contribution in [2.24, 2.45) is 0 Å². The third kappa shape index (κ3) is 2.84. The molecule has 1 N–H and O–H groups in total. The van der Waals surface area contributed by atoms with Crippen molar-refractivity contribution < 1.29 is 13.9 Å². The van der Waals surface area contributed by atoms with Crippen LogP contribution in [-0.2, 0) is 0 Å². The van der Waals surface area contributed by atoms with Gasteiger partial charge in [-0.15, -0.1) is 0 Å². The van der Waals surface area contributed by atoms with Gasteiger partial charge in [0, 0.05) is 24.4 Å². The third-order valence-corrected chi connectivity index (χ3v) is 3.26. The lowest BCUT2D eigenvalue weighted by molar-refractivity contribution is 0.456. The maximum absolute atomic E-state index is 13.0. The Morgan fingerprint density at radius 3 is 2.16 bits per heavy atom. The first kappa shape index (κ1) is 13.3. The van der Waals surface area contributed by atoms with Crippen LogP contribution in [0.2, 0.25) is 0 Å². The molecule has 1 unspecified atom stereocenters. The van der Waals surface area contributed by atoms with E-state index in [-0.39, 0.29) is 17.6 Å². The predicted molar refractivity (Wildman–Crippen MR) is 71.3 cm³/mol. The summed E-state index contributed by atoms with van der Waals surface area (Å²) >= 11 is 0. The van der Waals surface area contributed by atoms with Crippen molar-refractivity contribution >= 4 is 5.69 Å². The number of hydrogen-bond acceptors (Lipinski definition) is 2. The minimum absolute atomic E-state index is 0.0820. The lowest BCUT2D eigenvalue weighted by Crippen LogP contribution is -2.21. The summed E-state index contributed by atoms with van der Waals surface area (Å²) in [6.45, 7) is 1.89. The van der Waals surface area contributed by atoms with Gasteiger partial charge in [0.1, 0.15) is 17.4 Å². The molecule has 0 saturated heterocycles. The van der Waals surface area contributed by atoms with Gasteiger partial charge in [0.15, 0.2) is 0 Å². The molecule has 2 aromatic rings. The Kier molecular flexibility index (Phi) is 3.69. The molecule has 0 bridgehead atoms. The number of phenols is 1. The van der Waals surface area contributed by atoms with E-state index in [0.29, 0.717) is 5.56 Å². The van der Waals surface area contributed by atoms with Crippen molar-refractivity contribution in [3.63, 3.8) is 0 Å². The smallest absolute Gasteiger partial charge is 0.126 e. The van der Waals surface area contributed by atoms with Crippen molar-refractivity contribution in [1.29, 1.82) is 0 Å². The van der Waals surface area contributed by atoms with E-state index in [1.807, 2.05) is 18.9 Å². The molecule has 0 heterocycles. The van der Waals surface area contributed by atoms with Crippen LogP contribution >= 0.6 is 0 Å². The lowest BCUT2D eigenvalue weighted by atomic mass is 10.1. The van der Waals surface area contributed by atoms with Crippen LogP contribution in [0.1, 0.15) is 18.5 Å². The van der Waals surface area contributed by atoms with Crippen LogP contribution in [0.15, 0.2) is 42.5 Å². The fraction of sp³-hybridized carbons (Fsp3) is 0.200. The largest absolute Gasteiger partial charge is 0.507 e. The molecule has 0 aliphatic rings. The highest BCUT2D eigenvalue weighted by Crippen LogP contribution is 2.31. The van der Waals surface area contributed by atoms with Gasteiger partial charge in [-0.2, -0.15) is 0 Å². The van der Waals surface area contributed by atoms with E-state index in [1.165, 1.54) is 18.2 Å². The summed E-state index contributed by atoms with van der Waals surface area (Å²) in [6.07, 6.45) is 0. The quantitative estimate of drug-likeness (QED) is 0.908. The number of nitrogens with zero attached hydrogens (tertiary/aromatic N) is 1. The predicted octanol–water partition coefficient (Wildman–Crippen LogP) is 3.87.